The van der Waals surface area contributed by atoms with E-state index >= 15 is 0 Å². The molecule has 0 aromatic heterocycles. The van der Waals surface area contributed by atoms with Crippen LogP contribution in [-0.2, 0) is 21.7 Å². The summed E-state index contributed by atoms with van der Waals surface area (Å²) >= 11 is 5.14. The number of hydrazine groups is 1. The fourth-order valence-electron chi connectivity index (χ4n) is 3.92. The largest absolute Gasteiger partial charge is 0.494 e. The number of aliphatic hydroxyl groups excluding tert-OH is 1. The summed E-state index contributed by atoms with van der Waals surface area (Å²) in [6.07, 6.45) is 0.936. The van der Waals surface area contributed by atoms with Crippen LogP contribution in [0.5, 0.6) is 5.75 Å². The molecule has 206 valence electrons. The number of carbonyl (C=O) groups excluding carboxylic acids is 1. The standard InChI is InChI=1S/C29H31BrFN3O4S/c30-24-8-2-21(3-9-24)18-29(28(36)34-32-14-17-39-19-22-4-10-25(31)11-5-22)20-38-27(33-29)23-6-12-26(13-7-23)37-16-1-15-35/h2-13,32,35H,1,14-20H2,(H,34,36)/t29-/m0/s1. The van der Waals surface area contributed by atoms with Gasteiger partial charge in [0.1, 0.15) is 18.2 Å². The quantitative estimate of drug-likeness (QED) is 0.180. The second-order valence-corrected chi connectivity index (χ2v) is 11.1. The van der Waals surface area contributed by atoms with Gasteiger partial charge in [-0.3, -0.25) is 10.2 Å². The van der Waals surface area contributed by atoms with Crippen LogP contribution in [0.1, 0.15) is 23.1 Å². The number of benzene rings is 3. The average molecular weight is 617 g/mol. The normalized spacial score (nSPS) is 16.4. The zero-order valence-corrected chi connectivity index (χ0v) is 23.8. The van der Waals surface area contributed by atoms with Gasteiger partial charge in [0.15, 0.2) is 5.54 Å². The Kier molecular flexibility index (Phi) is 10.8. The zero-order valence-electron chi connectivity index (χ0n) is 21.4. The van der Waals surface area contributed by atoms with Crippen LogP contribution in [0.4, 0.5) is 4.39 Å². The van der Waals surface area contributed by atoms with E-state index < -0.39 is 5.54 Å². The summed E-state index contributed by atoms with van der Waals surface area (Å²) < 4.78 is 25.6. The fraction of sp³-hybridized carbons (Fsp3) is 0.310. The highest BCUT2D eigenvalue weighted by atomic mass is 79.9. The number of rotatable bonds is 14. The lowest BCUT2D eigenvalue weighted by Crippen LogP contribution is -2.53. The highest BCUT2D eigenvalue weighted by Crippen LogP contribution is 2.28. The number of aliphatic imine (C=N–C) groups is 1. The van der Waals surface area contributed by atoms with Crippen LogP contribution in [0.2, 0.25) is 0 Å². The summed E-state index contributed by atoms with van der Waals surface area (Å²) in [5, 5.41) is 8.92. The topological polar surface area (TPSA) is 92.2 Å². The van der Waals surface area contributed by atoms with Crippen LogP contribution < -0.4 is 15.6 Å². The Balaban J connectivity index is 1.38. The Morgan fingerprint density at radius 3 is 2.51 bits per heavy atom. The van der Waals surface area contributed by atoms with Crippen molar-refractivity contribution in [2.45, 2.75) is 24.1 Å². The van der Waals surface area contributed by atoms with Crippen molar-refractivity contribution in [3.05, 3.63) is 99.8 Å². The third-order valence-electron chi connectivity index (χ3n) is 6.02. The maximum absolute atomic E-state index is 13.4. The van der Waals surface area contributed by atoms with E-state index in [1.165, 1.54) is 12.1 Å². The smallest absolute Gasteiger partial charge is 0.266 e. The highest BCUT2D eigenvalue weighted by Gasteiger charge is 2.44. The first-order valence-electron chi connectivity index (χ1n) is 12.6. The Morgan fingerprint density at radius 1 is 1.08 bits per heavy atom. The molecule has 0 radical (unpaired) electrons. The molecule has 0 bridgehead atoms. The van der Waals surface area contributed by atoms with Crippen LogP contribution >= 0.6 is 27.7 Å². The summed E-state index contributed by atoms with van der Waals surface area (Å²) in [6, 6.07) is 21.6. The number of hydrogen-bond acceptors (Lipinski definition) is 7. The van der Waals surface area contributed by atoms with Crippen molar-refractivity contribution in [1.29, 1.82) is 0 Å². The summed E-state index contributed by atoms with van der Waals surface area (Å²) in [4.78, 5) is 18.2. The summed E-state index contributed by atoms with van der Waals surface area (Å²) in [5.41, 5.74) is 7.47. The monoisotopic (exact) mass is 615 g/mol. The van der Waals surface area contributed by atoms with Gasteiger partial charge in [0.2, 0.25) is 5.90 Å². The van der Waals surface area contributed by atoms with Crippen LogP contribution in [-0.4, -0.2) is 54.6 Å². The molecule has 7 nitrogen and oxygen atoms in total. The van der Waals surface area contributed by atoms with Crippen LogP contribution in [0.25, 0.3) is 0 Å². The average Bonchev–Trinajstić information content (AvgIpc) is 3.38. The summed E-state index contributed by atoms with van der Waals surface area (Å²) in [5.74, 6) is 2.09. The molecular formula is C29H31BrFN3O4S. The molecule has 1 aliphatic heterocycles. The van der Waals surface area contributed by atoms with E-state index in [0.29, 0.717) is 37.6 Å². The second-order valence-electron chi connectivity index (χ2n) is 9.05. The molecule has 3 N–H and O–H groups in total. The lowest BCUT2D eigenvalue weighted by Gasteiger charge is -2.23. The van der Waals surface area contributed by atoms with Gasteiger partial charge in [0.25, 0.3) is 5.91 Å². The Morgan fingerprint density at radius 2 is 1.79 bits per heavy atom. The first kappa shape index (κ1) is 29.1. The number of nitrogens with zero attached hydrogens (tertiary/aromatic N) is 1. The molecule has 3 aromatic rings. The fourth-order valence-corrected chi connectivity index (χ4v) is 5.01. The van der Waals surface area contributed by atoms with Crippen molar-refractivity contribution in [2.75, 3.05) is 32.1 Å². The zero-order chi connectivity index (χ0) is 27.5. The van der Waals surface area contributed by atoms with Crippen LogP contribution in [0.3, 0.4) is 0 Å². The van der Waals surface area contributed by atoms with Gasteiger partial charge < -0.3 is 14.6 Å². The van der Waals surface area contributed by atoms with Crippen LogP contribution in [0.15, 0.2) is 82.3 Å². The van der Waals surface area contributed by atoms with Crippen molar-refractivity contribution in [1.82, 2.24) is 10.9 Å². The molecule has 1 aliphatic rings. The maximum atomic E-state index is 13.4. The Hall–Kier alpha value is -2.92. The van der Waals surface area contributed by atoms with Gasteiger partial charge in [0, 0.05) is 47.5 Å². The molecule has 3 aromatic carbocycles. The maximum Gasteiger partial charge on any atom is 0.266 e. The minimum atomic E-state index is -1.13. The van der Waals surface area contributed by atoms with E-state index in [2.05, 4.69) is 26.8 Å². The van der Waals surface area contributed by atoms with Crippen molar-refractivity contribution in [2.24, 2.45) is 4.99 Å². The SMILES string of the molecule is O=C(NNCCSCc1ccc(F)cc1)[C@]1(Cc2ccc(Br)cc2)COC(c2ccc(OCCCO)cc2)=N1. The molecule has 4 rings (SSSR count). The van der Waals surface area contributed by atoms with Gasteiger partial charge in [-0.05, 0) is 59.7 Å². The molecule has 39 heavy (non-hydrogen) atoms. The third-order valence-corrected chi connectivity index (χ3v) is 7.58. The van der Waals surface area contributed by atoms with Crippen molar-refractivity contribution < 1.29 is 23.8 Å². The van der Waals surface area contributed by atoms with Crippen molar-refractivity contribution in [3.8, 4) is 5.75 Å². The molecule has 0 spiro atoms. The van der Waals surface area contributed by atoms with Gasteiger partial charge in [-0.25, -0.2) is 14.8 Å². The van der Waals surface area contributed by atoms with Gasteiger partial charge >= 0.3 is 0 Å². The Bertz CT molecular complexity index is 1240. The lowest BCUT2D eigenvalue weighted by atomic mass is 9.91. The summed E-state index contributed by atoms with van der Waals surface area (Å²) in [7, 11) is 0. The van der Waals surface area contributed by atoms with E-state index in [0.717, 1.165) is 32.7 Å². The van der Waals surface area contributed by atoms with Crippen molar-refractivity contribution >= 4 is 39.5 Å². The van der Waals surface area contributed by atoms with E-state index in [9.17, 15) is 9.18 Å². The predicted octanol–water partition coefficient (Wildman–Crippen LogP) is 4.66. The number of aliphatic hydroxyl groups is 1. The molecule has 0 aliphatic carbocycles. The minimum Gasteiger partial charge on any atom is -0.494 e. The lowest BCUT2D eigenvalue weighted by molar-refractivity contribution is -0.127. The number of ether oxygens (including phenoxy) is 2. The number of hydrogen-bond donors (Lipinski definition) is 3. The van der Waals surface area contributed by atoms with E-state index in [-0.39, 0.29) is 24.9 Å². The van der Waals surface area contributed by atoms with E-state index in [4.69, 9.17) is 19.6 Å². The van der Waals surface area contributed by atoms with Crippen LogP contribution in [0, 0.1) is 5.82 Å². The first-order valence-corrected chi connectivity index (χ1v) is 14.6. The number of amides is 1. The molecular weight excluding hydrogens is 585 g/mol. The van der Waals surface area contributed by atoms with Gasteiger partial charge in [-0.2, -0.15) is 11.8 Å². The number of nitrogens with one attached hydrogen (secondary N) is 2. The first-order chi connectivity index (χ1) is 19.0. The van der Waals surface area contributed by atoms with Crippen molar-refractivity contribution in [3.63, 3.8) is 0 Å². The molecule has 0 fully saturated rings. The highest BCUT2D eigenvalue weighted by molar-refractivity contribution is 9.10. The molecule has 1 amide bonds. The molecule has 0 saturated carbocycles. The number of carbonyl (C=O) groups is 1. The van der Waals surface area contributed by atoms with E-state index in [1.54, 1.807) is 23.9 Å². The summed E-state index contributed by atoms with van der Waals surface area (Å²) in [6.45, 7) is 1.18. The van der Waals surface area contributed by atoms with Gasteiger partial charge in [-0.15, -0.1) is 0 Å². The number of thioether (sulfide) groups is 1. The molecule has 1 heterocycles. The van der Waals surface area contributed by atoms with Gasteiger partial charge in [-0.1, -0.05) is 40.2 Å². The minimum absolute atomic E-state index is 0.0783. The second kappa shape index (κ2) is 14.5. The number of halogens is 2. The predicted molar refractivity (Wildman–Crippen MR) is 155 cm³/mol. The molecule has 10 heteroatoms. The third kappa shape index (κ3) is 8.53. The molecule has 0 saturated heterocycles. The molecule has 1 atom stereocenters. The van der Waals surface area contributed by atoms with E-state index in [1.807, 2.05) is 48.5 Å². The van der Waals surface area contributed by atoms with Gasteiger partial charge in [0.05, 0.1) is 6.61 Å². The molecule has 0 unspecified atom stereocenters. The Labute approximate surface area is 240 Å².